The van der Waals surface area contributed by atoms with Crippen molar-refractivity contribution >= 4 is 7.32 Å². The lowest BCUT2D eigenvalue weighted by atomic mass is 9.67. The molecule has 2 heterocycles. The molecule has 7 rings (SSSR count). The van der Waals surface area contributed by atoms with Crippen molar-refractivity contribution in [3.8, 4) is 0 Å². The fourth-order valence-electron chi connectivity index (χ4n) is 8.44. The van der Waals surface area contributed by atoms with Crippen LogP contribution in [0.3, 0.4) is 0 Å². The predicted octanol–water partition coefficient (Wildman–Crippen LogP) is 7.46. The van der Waals surface area contributed by atoms with E-state index in [0.717, 1.165) is 19.6 Å². The van der Waals surface area contributed by atoms with E-state index in [2.05, 4.69) is 60.7 Å². The van der Waals surface area contributed by atoms with E-state index in [4.69, 9.17) is 14.3 Å². The smallest absolute Gasteiger partial charge is 0.237 e. The number of aromatic nitrogens is 2. The Balaban J connectivity index is 0.000000171. The highest BCUT2D eigenvalue weighted by atomic mass is 16.7. The van der Waals surface area contributed by atoms with Gasteiger partial charge in [-0.2, -0.15) is 0 Å². The van der Waals surface area contributed by atoms with Gasteiger partial charge in [-0.3, -0.25) is 9.68 Å². The third-order valence-corrected chi connectivity index (χ3v) is 11.0. The molecule has 0 N–H and O–H groups in total. The predicted molar refractivity (Wildman–Crippen MR) is 219 cm³/mol. The van der Waals surface area contributed by atoms with Crippen LogP contribution in [0.4, 0.5) is 0 Å². The van der Waals surface area contributed by atoms with Gasteiger partial charge in [-0.25, -0.2) is 0 Å². The second-order valence-corrected chi connectivity index (χ2v) is 14.7. The average molecular weight is 757 g/mol. The standard InChI is InChI=1S/C22H21BO3.2C13H20NO/c24-23(25)26-18-10-17-22(19-11-4-1-5-12-19,20-13-6-2-7-14-20)21-15-8-3-9-16-21;2*1-2-15-14-11-7-6-10-13(14)12-8-4-3-5-9-12/h1-9,11-16H,10,17-18H2;2*6-7,10-12H,2-5,8-9H2,1H3/q-2;2*+1. The van der Waals surface area contributed by atoms with Gasteiger partial charge in [-0.05, 0) is 81.2 Å². The Morgan fingerprint density at radius 1 is 0.536 bits per heavy atom. The molecule has 2 aliphatic rings. The van der Waals surface area contributed by atoms with Gasteiger partial charge in [0.05, 0.1) is 7.32 Å². The first kappa shape index (κ1) is 42.6. The van der Waals surface area contributed by atoms with Gasteiger partial charge in [0, 0.05) is 57.6 Å². The summed E-state index contributed by atoms with van der Waals surface area (Å²) in [5, 5.41) is 21.4. The first-order valence-corrected chi connectivity index (χ1v) is 20.9. The topological polar surface area (TPSA) is 81.6 Å². The van der Waals surface area contributed by atoms with Crippen molar-refractivity contribution in [3.63, 3.8) is 0 Å². The van der Waals surface area contributed by atoms with Crippen molar-refractivity contribution in [2.75, 3.05) is 19.8 Å². The van der Waals surface area contributed by atoms with Crippen LogP contribution in [0.5, 0.6) is 0 Å². The van der Waals surface area contributed by atoms with E-state index in [9.17, 15) is 10.0 Å². The number of pyridine rings is 2. The molecule has 56 heavy (non-hydrogen) atoms. The molecule has 0 spiro atoms. The Morgan fingerprint density at radius 2 is 0.911 bits per heavy atom. The highest BCUT2D eigenvalue weighted by Gasteiger charge is 2.35. The summed E-state index contributed by atoms with van der Waals surface area (Å²) in [7, 11) is -2.23. The van der Waals surface area contributed by atoms with Crippen LogP contribution >= 0.6 is 0 Å². The molecule has 8 heteroatoms. The summed E-state index contributed by atoms with van der Waals surface area (Å²) in [4.78, 5) is 11.2. The van der Waals surface area contributed by atoms with Gasteiger partial charge in [-0.1, -0.05) is 130 Å². The first-order valence-electron chi connectivity index (χ1n) is 20.9. The summed E-state index contributed by atoms with van der Waals surface area (Å²) in [5.41, 5.74) is 5.86. The zero-order valence-electron chi connectivity index (χ0n) is 33.6. The number of rotatable bonds is 14. The molecule has 0 radical (unpaired) electrons. The minimum Gasteiger partial charge on any atom is -0.871 e. The van der Waals surface area contributed by atoms with E-state index in [1.165, 1.54) is 92.3 Å². The minimum atomic E-state index is -2.23. The largest absolute Gasteiger partial charge is 0.871 e. The monoisotopic (exact) mass is 756 g/mol. The lowest BCUT2D eigenvalue weighted by molar-refractivity contribution is -0.896. The van der Waals surface area contributed by atoms with Crippen LogP contribution in [0, 0.1) is 0 Å². The SMILES string of the molecule is CCO[n+]1ccccc1C1CCCCC1.CCO[n+]1ccccc1C1CCCCC1.[O-]B([O-])OCCCC(c1ccccc1)(c1ccccc1)c1ccccc1. The number of benzene rings is 3. The maximum Gasteiger partial charge on any atom is 0.237 e. The average Bonchev–Trinajstić information content (AvgIpc) is 3.26. The van der Waals surface area contributed by atoms with Crippen molar-refractivity contribution in [2.24, 2.45) is 0 Å². The minimum absolute atomic E-state index is 0.159. The van der Waals surface area contributed by atoms with Gasteiger partial charge in [0.2, 0.25) is 23.8 Å². The molecular weight excluding hydrogens is 695 g/mol. The molecule has 7 nitrogen and oxygen atoms in total. The van der Waals surface area contributed by atoms with Crippen LogP contribution in [0.15, 0.2) is 140 Å². The van der Waals surface area contributed by atoms with Crippen LogP contribution < -0.4 is 29.2 Å². The van der Waals surface area contributed by atoms with Gasteiger partial charge < -0.3 is 14.7 Å². The molecule has 5 aromatic rings. The Hall–Kier alpha value is -4.50. The summed E-state index contributed by atoms with van der Waals surface area (Å²) in [6, 6.07) is 43.7. The van der Waals surface area contributed by atoms with Crippen LogP contribution in [-0.2, 0) is 10.1 Å². The van der Waals surface area contributed by atoms with E-state index in [-0.39, 0.29) is 12.0 Å². The highest BCUT2D eigenvalue weighted by Crippen LogP contribution is 2.43. The molecule has 2 saturated carbocycles. The van der Waals surface area contributed by atoms with Gasteiger partial charge in [0.25, 0.3) is 0 Å². The molecule has 0 unspecified atom stereocenters. The zero-order valence-corrected chi connectivity index (χ0v) is 33.6. The fraction of sp³-hybridized carbons (Fsp3) is 0.417. The molecule has 2 fully saturated rings. The van der Waals surface area contributed by atoms with Crippen molar-refractivity contribution in [2.45, 2.75) is 108 Å². The summed E-state index contributed by atoms with van der Waals surface area (Å²) >= 11 is 0. The second-order valence-electron chi connectivity index (χ2n) is 14.7. The van der Waals surface area contributed by atoms with Gasteiger partial charge in [0.15, 0.2) is 13.2 Å². The van der Waals surface area contributed by atoms with E-state index < -0.39 is 7.32 Å². The summed E-state index contributed by atoms with van der Waals surface area (Å²) < 4.78 is 8.64. The molecule has 0 saturated heterocycles. The number of nitrogens with zero attached hydrogens (tertiary/aromatic N) is 2. The van der Waals surface area contributed by atoms with Crippen LogP contribution in [0.2, 0.25) is 0 Å². The quantitative estimate of drug-likeness (QED) is 0.0509. The van der Waals surface area contributed by atoms with Crippen LogP contribution in [0.1, 0.15) is 131 Å². The maximum absolute atomic E-state index is 10.7. The third-order valence-electron chi connectivity index (χ3n) is 11.0. The first-order chi connectivity index (χ1) is 27.6. The second kappa shape index (κ2) is 23.5. The van der Waals surface area contributed by atoms with Crippen molar-refractivity contribution < 1.29 is 33.8 Å². The maximum atomic E-state index is 10.7. The normalized spacial score (nSPS) is 14.7. The summed E-state index contributed by atoms with van der Waals surface area (Å²) in [6.07, 6.45) is 18.9. The van der Waals surface area contributed by atoms with E-state index in [1.807, 2.05) is 102 Å². The molecule has 0 bridgehead atoms. The van der Waals surface area contributed by atoms with E-state index in [1.54, 1.807) is 0 Å². The Kier molecular flexibility index (Phi) is 17.9. The Morgan fingerprint density at radius 3 is 1.27 bits per heavy atom. The zero-order chi connectivity index (χ0) is 39.3. The molecule has 296 valence electrons. The molecule has 0 atom stereocenters. The summed E-state index contributed by atoms with van der Waals surface area (Å²) in [6.45, 7) is 5.68. The van der Waals surface area contributed by atoms with Crippen molar-refractivity contribution in [1.29, 1.82) is 0 Å². The Labute approximate surface area is 336 Å². The molecular formula is C48H61BN2O5. The van der Waals surface area contributed by atoms with Gasteiger partial charge >= 0.3 is 0 Å². The van der Waals surface area contributed by atoms with Gasteiger partial charge in [0.1, 0.15) is 0 Å². The van der Waals surface area contributed by atoms with E-state index >= 15 is 0 Å². The molecule has 2 aliphatic carbocycles. The summed E-state index contributed by atoms with van der Waals surface area (Å²) in [5.74, 6) is 1.40. The molecule has 0 amide bonds. The number of hydrogen-bond acceptors (Lipinski definition) is 5. The van der Waals surface area contributed by atoms with Gasteiger partial charge in [-0.15, -0.1) is 0 Å². The Bertz CT molecular complexity index is 1620. The lowest BCUT2D eigenvalue weighted by Crippen LogP contribution is -2.48. The molecule has 2 aromatic heterocycles. The molecule has 0 aliphatic heterocycles. The van der Waals surface area contributed by atoms with Crippen molar-refractivity contribution in [3.05, 3.63) is 168 Å². The van der Waals surface area contributed by atoms with Crippen LogP contribution in [-0.4, -0.2) is 27.1 Å². The fourth-order valence-corrected chi connectivity index (χ4v) is 8.44. The van der Waals surface area contributed by atoms with E-state index in [0.29, 0.717) is 18.3 Å². The van der Waals surface area contributed by atoms with Crippen LogP contribution in [0.25, 0.3) is 0 Å². The third kappa shape index (κ3) is 12.3. The lowest BCUT2D eigenvalue weighted by Gasteiger charge is -2.37. The molecule has 3 aromatic carbocycles. The number of hydrogen-bond donors (Lipinski definition) is 0. The highest BCUT2D eigenvalue weighted by molar-refractivity contribution is 6.28. The van der Waals surface area contributed by atoms with Crippen molar-refractivity contribution in [1.82, 2.24) is 0 Å².